The van der Waals surface area contributed by atoms with E-state index in [1.807, 2.05) is 4.68 Å². The van der Waals surface area contributed by atoms with E-state index in [0.717, 1.165) is 11.8 Å². The van der Waals surface area contributed by atoms with Crippen LogP contribution < -0.4 is 0 Å². The van der Waals surface area contributed by atoms with Gasteiger partial charge in [0.2, 0.25) is 0 Å². The van der Waals surface area contributed by atoms with Crippen LogP contribution in [0.1, 0.15) is 52.3 Å². The second kappa shape index (κ2) is 5.85. The van der Waals surface area contributed by atoms with Crippen molar-refractivity contribution in [1.29, 1.82) is 0 Å². The minimum atomic E-state index is 0.338. The minimum absolute atomic E-state index is 0.338. The zero-order valence-corrected chi connectivity index (χ0v) is 12.4. The predicted molar refractivity (Wildman–Crippen MR) is 73.1 cm³/mol. The largest absolute Gasteiger partial charge is 0.270 e. The van der Waals surface area contributed by atoms with Gasteiger partial charge in [0.15, 0.2) is 0 Å². The lowest BCUT2D eigenvalue weighted by atomic mass is 9.83. The molecule has 16 heavy (non-hydrogen) atoms. The third kappa shape index (κ3) is 3.62. The molecule has 0 aliphatic heterocycles. The molecule has 1 unspecified atom stereocenters. The molecular formula is C13H23BrN2. The molecule has 0 fully saturated rings. The monoisotopic (exact) mass is 286 g/mol. The van der Waals surface area contributed by atoms with Crippen molar-refractivity contribution >= 4 is 15.9 Å². The lowest BCUT2D eigenvalue weighted by Gasteiger charge is -2.25. The van der Waals surface area contributed by atoms with E-state index in [-0.39, 0.29) is 0 Å². The van der Waals surface area contributed by atoms with E-state index < -0.39 is 0 Å². The Bertz CT molecular complexity index is 319. The molecule has 1 aromatic heterocycles. The van der Waals surface area contributed by atoms with Gasteiger partial charge in [-0.05, 0) is 38.2 Å². The SMILES string of the molecule is CCCC(C)(CBr)Cc1ccn(C(C)C)n1. The molecule has 2 nitrogen and oxygen atoms in total. The van der Waals surface area contributed by atoms with Gasteiger partial charge in [0.05, 0.1) is 5.69 Å². The number of hydrogen-bond donors (Lipinski definition) is 0. The fourth-order valence-electron chi connectivity index (χ4n) is 2.00. The van der Waals surface area contributed by atoms with Gasteiger partial charge in [-0.15, -0.1) is 0 Å². The van der Waals surface area contributed by atoms with E-state index in [1.54, 1.807) is 0 Å². The van der Waals surface area contributed by atoms with E-state index in [0.29, 0.717) is 11.5 Å². The quantitative estimate of drug-likeness (QED) is 0.717. The number of hydrogen-bond acceptors (Lipinski definition) is 1. The number of alkyl halides is 1. The number of halogens is 1. The smallest absolute Gasteiger partial charge is 0.0630 e. The van der Waals surface area contributed by atoms with Gasteiger partial charge in [-0.25, -0.2) is 0 Å². The Morgan fingerprint density at radius 3 is 2.62 bits per heavy atom. The van der Waals surface area contributed by atoms with Crippen LogP contribution in [0.2, 0.25) is 0 Å². The number of rotatable bonds is 6. The molecule has 1 rings (SSSR count). The lowest BCUT2D eigenvalue weighted by molar-refractivity contribution is 0.334. The van der Waals surface area contributed by atoms with Crippen molar-refractivity contribution < 1.29 is 0 Å². The predicted octanol–water partition coefficient (Wildman–Crippen LogP) is 4.21. The molecule has 1 atom stereocenters. The first-order valence-corrected chi connectivity index (χ1v) is 7.23. The summed E-state index contributed by atoms with van der Waals surface area (Å²) in [5.41, 5.74) is 1.55. The molecule has 0 saturated carbocycles. The van der Waals surface area contributed by atoms with E-state index >= 15 is 0 Å². The third-order valence-corrected chi connectivity index (χ3v) is 4.33. The second-order valence-electron chi connectivity index (χ2n) is 5.25. The van der Waals surface area contributed by atoms with E-state index in [9.17, 15) is 0 Å². The molecule has 0 saturated heterocycles. The second-order valence-corrected chi connectivity index (χ2v) is 5.81. The van der Waals surface area contributed by atoms with Gasteiger partial charge < -0.3 is 0 Å². The maximum absolute atomic E-state index is 4.62. The van der Waals surface area contributed by atoms with Crippen molar-refractivity contribution in [3.05, 3.63) is 18.0 Å². The highest BCUT2D eigenvalue weighted by Crippen LogP contribution is 2.29. The van der Waals surface area contributed by atoms with Crippen LogP contribution in [0, 0.1) is 5.41 Å². The molecule has 0 radical (unpaired) electrons. The molecule has 0 amide bonds. The molecule has 0 aliphatic carbocycles. The highest BCUT2D eigenvalue weighted by molar-refractivity contribution is 9.09. The van der Waals surface area contributed by atoms with Gasteiger partial charge in [0.1, 0.15) is 0 Å². The Kier molecular flexibility index (Phi) is 5.03. The first-order valence-electron chi connectivity index (χ1n) is 6.11. The average Bonchev–Trinajstić information content (AvgIpc) is 2.66. The van der Waals surface area contributed by atoms with Crippen LogP contribution in [0.25, 0.3) is 0 Å². The Morgan fingerprint density at radius 2 is 2.19 bits per heavy atom. The fraction of sp³-hybridized carbons (Fsp3) is 0.769. The van der Waals surface area contributed by atoms with E-state index in [1.165, 1.54) is 18.5 Å². The van der Waals surface area contributed by atoms with E-state index in [2.05, 4.69) is 61.0 Å². The fourth-order valence-corrected chi connectivity index (χ4v) is 2.48. The van der Waals surface area contributed by atoms with Gasteiger partial charge in [-0.2, -0.15) is 5.10 Å². The zero-order chi connectivity index (χ0) is 12.2. The number of nitrogens with zero attached hydrogens (tertiary/aromatic N) is 2. The Labute approximate surface area is 108 Å². The van der Waals surface area contributed by atoms with Gasteiger partial charge in [0, 0.05) is 17.6 Å². The summed E-state index contributed by atoms with van der Waals surface area (Å²) in [6.45, 7) is 8.90. The van der Waals surface area contributed by atoms with Crippen molar-refractivity contribution in [1.82, 2.24) is 9.78 Å². The first-order chi connectivity index (χ1) is 7.50. The van der Waals surface area contributed by atoms with Gasteiger partial charge in [0.25, 0.3) is 0 Å². The first kappa shape index (κ1) is 13.8. The van der Waals surface area contributed by atoms with Crippen LogP contribution >= 0.6 is 15.9 Å². The van der Waals surface area contributed by atoms with Crippen LogP contribution in [0.4, 0.5) is 0 Å². The van der Waals surface area contributed by atoms with Crippen LogP contribution in [0.15, 0.2) is 12.3 Å². The third-order valence-electron chi connectivity index (χ3n) is 2.98. The van der Waals surface area contributed by atoms with Gasteiger partial charge in [-0.3, -0.25) is 4.68 Å². The Morgan fingerprint density at radius 1 is 1.50 bits per heavy atom. The normalized spacial score (nSPS) is 15.4. The van der Waals surface area contributed by atoms with Crippen LogP contribution in [0.3, 0.4) is 0 Å². The molecule has 0 aliphatic rings. The average molecular weight is 287 g/mol. The molecule has 1 aromatic rings. The highest BCUT2D eigenvalue weighted by Gasteiger charge is 2.23. The summed E-state index contributed by atoms with van der Waals surface area (Å²) >= 11 is 3.63. The molecule has 0 N–H and O–H groups in total. The van der Waals surface area contributed by atoms with Crippen molar-refractivity contribution in [3.63, 3.8) is 0 Å². The summed E-state index contributed by atoms with van der Waals surface area (Å²) in [6, 6.07) is 2.60. The van der Waals surface area contributed by atoms with E-state index in [4.69, 9.17) is 0 Å². The topological polar surface area (TPSA) is 17.8 Å². The summed E-state index contributed by atoms with van der Waals surface area (Å²) in [6.07, 6.45) is 5.62. The highest BCUT2D eigenvalue weighted by atomic mass is 79.9. The van der Waals surface area contributed by atoms with Crippen molar-refractivity contribution in [2.45, 2.75) is 53.0 Å². The van der Waals surface area contributed by atoms with Crippen LogP contribution in [-0.4, -0.2) is 15.1 Å². The maximum Gasteiger partial charge on any atom is 0.0630 e. The minimum Gasteiger partial charge on any atom is -0.270 e. The van der Waals surface area contributed by atoms with Gasteiger partial charge >= 0.3 is 0 Å². The van der Waals surface area contributed by atoms with Gasteiger partial charge in [-0.1, -0.05) is 36.2 Å². The summed E-state index contributed by atoms with van der Waals surface area (Å²) in [5.74, 6) is 0. The molecule has 0 aromatic carbocycles. The zero-order valence-electron chi connectivity index (χ0n) is 10.8. The van der Waals surface area contributed by atoms with Crippen molar-refractivity contribution in [3.8, 4) is 0 Å². The standard InChI is InChI=1S/C13H23BrN2/c1-5-7-13(4,10-14)9-12-6-8-16(15-12)11(2)3/h6,8,11H,5,7,9-10H2,1-4H3. The van der Waals surface area contributed by atoms with Crippen molar-refractivity contribution in [2.75, 3.05) is 5.33 Å². The molecule has 0 spiro atoms. The summed E-state index contributed by atoms with van der Waals surface area (Å²) in [5, 5.41) is 5.66. The maximum atomic E-state index is 4.62. The molecule has 0 bridgehead atoms. The molecule has 92 valence electrons. The summed E-state index contributed by atoms with van der Waals surface area (Å²) in [7, 11) is 0. The molecule has 3 heteroatoms. The Balaban J connectivity index is 2.70. The molecule has 1 heterocycles. The van der Waals surface area contributed by atoms with Crippen LogP contribution in [0.5, 0.6) is 0 Å². The Hall–Kier alpha value is -0.310. The summed E-state index contributed by atoms with van der Waals surface area (Å²) < 4.78 is 2.04. The number of aromatic nitrogens is 2. The molecular weight excluding hydrogens is 264 g/mol. The summed E-state index contributed by atoms with van der Waals surface area (Å²) in [4.78, 5) is 0. The van der Waals surface area contributed by atoms with Crippen molar-refractivity contribution in [2.24, 2.45) is 5.41 Å². The van der Waals surface area contributed by atoms with Crippen LogP contribution in [-0.2, 0) is 6.42 Å². The lowest BCUT2D eigenvalue weighted by Crippen LogP contribution is -2.21.